The third kappa shape index (κ3) is 2.85. The van der Waals surface area contributed by atoms with Crippen molar-refractivity contribution < 1.29 is 14.6 Å². The summed E-state index contributed by atoms with van der Waals surface area (Å²) in [5, 5.41) is 13.4. The number of benzene rings is 1. The minimum absolute atomic E-state index is 0.211. The molecule has 2 atom stereocenters. The average Bonchev–Trinajstić information content (AvgIpc) is 3.28. The normalized spacial score (nSPS) is 23.4. The number of nitrogens with one attached hydrogen (secondary N) is 1. The van der Waals surface area contributed by atoms with Gasteiger partial charge in [-0.15, -0.1) is 0 Å². The molecule has 0 spiro atoms. The van der Waals surface area contributed by atoms with Crippen LogP contribution >= 0.6 is 0 Å². The summed E-state index contributed by atoms with van der Waals surface area (Å²) in [6.07, 6.45) is 3.05. The van der Waals surface area contributed by atoms with E-state index in [1.165, 1.54) is 12.8 Å². The number of aliphatic hydroxyl groups excluding tert-OH is 1. The van der Waals surface area contributed by atoms with Crippen molar-refractivity contribution in [1.82, 2.24) is 5.32 Å². The third-order valence-electron chi connectivity index (χ3n) is 4.00. The highest BCUT2D eigenvalue weighted by Crippen LogP contribution is 2.36. The summed E-state index contributed by atoms with van der Waals surface area (Å²) in [4.78, 5) is 0. The van der Waals surface area contributed by atoms with Gasteiger partial charge in [0.15, 0.2) is 0 Å². The van der Waals surface area contributed by atoms with Crippen LogP contribution in [-0.4, -0.2) is 31.5 Å². The number of fused-ring (bicyclic) bond motifs is 1. The highest BCUT2D eigenvalue weighted by atomic mass is 16.5. The highest BCUT2D eigenvalue weighted by molar-refractivity contribution is 5.43. The largest absolute Gasteiger partial charge is 0.497 e. The van der Waals surface area contributed by atoms with Crippen LogP contribution < -0.4 is 14.8 Å². The average molecular weight is 263 g/mol. The first kappa shape index (κ1) is 12.8. The van der Waals surface area contributed by atoms with Gasteiger partial charge in [0.25, 0.3) is 0 Å². The van der Waals surface area contributed by atoms with Crippen LogP contribution in [0, 0.1) is 5.92 Å². The second kappa shape index (κ2) is 5.39. The van der Waals surface area contributed by atoms with Crippen molar-refractivity contribution in [2.75, 3.05) is 20.3 Å². The summed E-state index contributed by atoms with van der Waals surface area (Å²) in [7, 11) is 1.67. The predicted molar refractivity (Wildman–Crippen MR) is 72.6 cm³/mol. The van der Waals surface area contributed by atoms with E-state index >= 15 is 0 Å². The molecule has 1 aromatic carbocycles. The predicted octanol–water partition coefficient (Wildman–Crippen LogP) is 1.88. The molecule has 1 fully saturated rings. The molecule has 3 rings (SSSR count). The molecular weight excluding hydrogens is 242 g/mol. The zero-order chi connectivity index (χ0) is 13.2. The molecule has 4 heteroatoms. The standard InChI is InChI=1S/C15H21NO3/c1-18-11-4-5-15-12(8-11)13(6-7-19-15)16-9-14(17)10-2-3-10/h4-5,8,10,13-14,16-17H,2-3,6-7,9H2,1H3. The number of hydrogen-bond acceptors (Lipinski definition) is 4. The van der Waals surface area contributed by atoms with Gasteiger partial charge in [-0.3, -0.25) is 0 Å². The Hall–Kier alpha value is -1.26. The minimum Gasteiger partial charge on any atom is -0.497 e. The van der Waals surface area contributed by atoms with Crippen LogP contribution in [0.2, 0.25) is 0 Å². The summed E-state index contributed by atoms with van der Waals surface area (Å²) in [6, 6.07) is 6.14. The number of methoxy groups -OCH3 is 1. The van der Waals surface area contributed by atoms with Crippen LogP contribution in [0.5, 0.6) is 11.5 Å². The highest BCUT2D eigenvalue weighted by Gasteiger charge is 2.30. The lowest BCUT2D eigenvalue weighted by Crippen LogP contribution is -2.34. The molecule has 2 unspecified atom stereocenters. The molecule has 0 radical (unpaired) electrons. The van der Waals surface area contributed by atoms with Crippen molar-refractivity contribution in [3.63, 3.8) is 0 Å². The fourth-order valence-corrected chi connectivity index (χ4v) is 2.62. The Morgan fingerprint density at radius 2 is 2.26 bits per heavy atom. The number of rotatable bonds is 5. The van der Waals surface area contributed by atoms with Crippen LogP contribution in [0.1, 0.15) is 30.9 Å². The Kier molecular flexibility index (Phi) is 3.62. The molecule has 0 amide bonds. The molecule has 19 heavy (non-hydrogen) atoms. The smallest absolute Gasteiger partial charge is 0.124 e. The Bertz CT molecular complexity index is 445. The fourth-order valence-electron chi connectivity index (χ4n) is 2.62. The monoisotopic (exact) mass is 263 g/mol. The summed E-state index contributed by atoms with van der Waals surface area (Å²) in [5.41, 5.74) is 1.13. The lowest BCUT2D eigenvalue weighted by Gasteiger charge is -2.28. The van der Waals surface area contributed by atoms with E-state index in [1.54, 1.807) is 7.11 Å². The molecule has 1 aliphatic carbocycles. The molecule has 0 aromatic heterocycles. The second-order valence-electron chi connectivity index (χ2n) is 5.41. The maximum absolute atomic E-state index is 9.95. The third-order valence-corrected chi connectivity index (χ3v) is 4.00. The van der Waals surface area contributed by atoms with Gasteiger partial charge in [0, 0.05) is 24.6 Å². The summed E-state index contributed by atoms with van der Waals surface area (Å²) < 4.78 is 10.9. The van der Waals surface area contributed by atoms with E-state index in [4.69, 9.17) is 9.47 Å². The summed E-state index contributed by atoms with van der Waals surface area (Å²) in [6.45, 7) is 1.38. The van der Waals surface area contributed by atoms with Crippen molar-refractivity contribution in [3.8, 4) is 11.5 Å². The van der Waals surface area contributed by atoms with Gasteiger partial charge in [-0.1, -0.05) is 0 Å². The Labute approximate surface area is 113 Å². The van der Waals surface area contributed by atoms with Gasteiger partial charge < -0.3 is 19.9 Å². The maximum atomic E-state index is 9.95. The molecular formula is C15H21NO3. The lowest BCUT2D eigenvalue weighted by atomic mass is 10.00. The molecule has 4 nitrogen and oxygen atoms in total. The van der Waals surface area contributed by atoms with E-state index in [0.717, 1.165) is 30.1 Å². The first-order valence-corrected chi connectivity index (χ1v) is 7.00. The van der Waals surface area contributed by atoms with E-state index in [1.807, 2.05) is 18.2 Å². The molecule has 1 heterocycles. The number of ether oxygens (including phenoxy) is 2. The van der Waals surface area contributed by atoms with Gasteiger partial charge in [0.05, 0.1) is 19.8 Å². The van der Waals surface area contributed by atoms with Gasteiger partial charge in [0.1, 0.15) is 11.5 Å². The molecule has 1 saturated carbocycles. The Morgan fingerprint density at radius 3 is 3.00 bits per heavy atom. The lowest BCUT2D eigenvalue weighted by molar-refractivity contribution is 0.139. The van der Waals surface area contributed by atoms with Crippen LogP contribution in [0.4, 0.5) is 0 Å². The van der Waals surface area contributed by atoms with Crippen molar-refractivity contribution in [2.45, 2.75) is 31.4 Å². The molecule has 2 N–H and O–H groups in total. The van der Waals surface area contributed by atoms with E-state index in [0.29, 0.717) is 12.5 Å². The minimum atomic E-state index is -0.211. The number of aliphatic hydroxyl groups is 1. The van der Waals surface area contributed by atoms with E-state index < -0.39 is 0 Å². The van der Waals surface area contributed by atoms with Crippen molar-refractivity contribution in [1.29, 1.82) is 0 Å². The zero-order valence-corrected chi connectivity index (χ0v) is 11.3. The molecule has 0 bridgehead atoms. The topological polar surface area (TPSA) is 50.7 Å². The van der Waals surface area contributed by atoms with Gasteiger partial charge in [-0.2, -0.15) is 0 Å². The Balaban J connectivity index is 1.69. The maximum Gasteiger partial charge on any atom is 0.124 e. The van der Waals surface area contributed by atoms with Crippen LogP contribution in [0.15, 0.2) is 18.2 Å². The number of hydrogen-bond donors (Lipinski definition) is 2. The fraction of sp³-hybridized carbons (Fsp3) is 0.600. The first-order chi connectivity index (χ1) is 9.28. The van der Waals surface area contributed by atoms with Crippen molar-refractivity contribution in [3.05, 3.63) is 23.8 Å². The first-order valence-electron chi connectivity index (χ1n) is 7.00. The van der Waals surface area contributed by atoms with Gasteiger partial charge in [0.2, 0.25) is 0 Å². The Morgan fingerprint density at radius 1 is 1.42 bits per heavy atom. The van der Waals surface area contributed by atoms with Crippen LogP contribution in [-0.2, 0) is 0 Å². The van der Waals surface area contributed by atoms with Gasteiger partial charge in [-0.05, 0) is 37.0 Å². The van der Waals surface area contributed by atoms with E-state index in [2.05, 4.69) is 5.32 Å². The zero-order valence-electron chi connectivity index (χ0n) is 11.3. The van der Waals surface area contributed by atoms with Gasteiger partial charge >= 0.3 is 0 Å². The molecule has 2 aliphatic rings. The van der Waals surface area contributed by atoms with Crippen molar-refractivity contribution in [2.24, 2.45) is 5.92 Å². The molecule has 104 valence electrons. The summed E-state index contributed by atoms with van der Waals surface area (Å²) >= 11 is 0. The van der Waals surface area contributed by atoms with E-state index in [-0.39, 0.29) is 12.1 Å². The molecule has 0 saturated heterocycles. The van der Waals surface area contributed by atoms with Crippen LogP contribution in [0.25, 0.3) is 0 Å². The summed E-state index contributed by atoms with van der Waals surface area (Å²) in [5.74, 6) is 2.28. The SMILES string of the molecule is COc1ccc2c(c1)C(NCC(O)C1CC1)CCO2. The quantitative estimate of drug-likeness (QED) is 0.851. The molecule has 1 aliphatic heterocycles. The molecule has 1 aromatic rings. The second-order valence-corrected chi connectivity index (χ2v) is 5.41. The van der Waals surface area contributed by atoms with Gasteiger partial charge in [-0.25, -0.2) is 0 Å². The van der Waals surface area contributed by atoms with Crippen LogP contribution in [0.3, 0.4) is 0 Å². The van der Waals surface area contributed by atoms with E-state index in [9.17, 15) is 5.11 Å². The van der Waals surface area contributed by atoms with Crippen molar-refractivity contribution >= 4 is 0 Å².